The Balaban J connectivity index is 1.61. The molecule has 2 N–H and O–H groups in total. The number of nitrogens with one attached hydrogen (secondary N) is 2. The van der Waals surface area contributed by atoms with Gasteiger partial charge < -0.3 is 15.0 Å². The molecular weight excluding hydrogens is 350 g/mol. The summed E-state index contributed by atoms with van der Waals surface area (Å²) in [6.45, 7) is 0. The molecule has 1 heterocycles. The monoisotopic (exact) mass is 373 g/mol. The Hall–Kier alpha value is -2.28. The highest BCUT2D eigenvalue weighted by molar-refractivity contribution is 7.98. The molecule has 2 aromatic rings. The highest BCUT2D eigenvalue weighted by Crippen LogP contribution is 2.21. The Morgan fingerprint density at radius 2 is 2.15 bits per heavy atom. The predicted molar refractivity (Wildman–Crippen MR) is 102 cm³/mol. The zero-order valence-electron chi connectivity index (χ0n) is 14.8. The van der Waals surface area contributed by atoms with Crippen LogP contribution in [0, 0.1) is 0 Å². The number of ether oxygens (including phenoxy) is 1. The Kier molecular flexibility index (Phi) is 6.33. The number of carbonyl (C=O) groups excluding carboxylic acids is 1. The number of methoxy groups -OCH3 is 1. The van der Waals surface area contributed by atoms with Gasteiger partial charge in [0.05, 0.1) is 19.2 Å². The molecule has 1 saturated carbocycles. The zero-order valence-corrected chi connectivity index (χ0v) is 15.6. The first-order valence-corrected chi connectivity index (χ1v) is 9.76. The van der Waals surface area contributed by atoms with Crippen molar-refractivity contribution in [1.29, 1.82) is 0 Å². The number of rotatable bonds is 7. The fraction of sp³-hybridized carbons (Fsp3) is 0.421. The molecule has 1 fully saturated rings. The van der Waals surface area contributed by atoms with E-state index in [-0.39, 0.29) is 23.9 Å². The van der Waals surface area contributed by atoms with Crippen LogP contribution in [0.15, 0.2) is 40.3 Å². The quantitative estimate of drug-likeness (QED) is 0.576. The van der Waals surface area contributed by atoms with Crippen molar-refractivity contribution in [2.75, 3.05) is 7.11 Å². The summed E-state index contributed by atoms with van der Waals surface area (Å²) in [7, 11) is 1.63. The lowest BCUT2D eigenvalue weighted by molar-refractivity contribution is -0.121. The van der Waals surface area contributed by atoms with E-state index in [9.17, 15) is 9.59 Å². The lowest BCUT2D eigenvalue weighted by Crippen LogP contribution is -2.34. The van der Waals surface area contributed by atoms with E-state index in [2.05, 4.69) is 15.3 Å². The smallest absolute Gasteiger partial charge is 0.251 e. The zero-order chi connectivity index (χ0) is 18.4. The first-order valence-electron chi connectivity index (χ1n) is 8.78. The van der Waals surface area contributed by atoms with Crippen molar-refractivity contribution >= 4 is 17.7 Å². The third kappa shape index (κ3) is 5.36. The minimum atomic E-state index is -0.239. The van der Waals surface area contributed by atoms with Gasteiger partial charge in [0.1, 0.15) is 5.75 Å². The van der Waals surface area contributed by atoms with Gasteiger partial charge in [-0.05, 0) is 30.5 Å². The number of benzene rings is 1. The summed E-state index contributed by atoms with van der Waals surface area (Å²) in [5, 5.41) is 3.54. The van der Waals surface area contributed by atoms with E-state index in [1.807, 2.05) is 24.3 Å². The summed E-state index contributed by atoms with van der Waals surface area (Å²) in [4.78, 5) is 31.2. The largest absolute Gasteiger partial charge is 0.497 e. The normalized spacial score (nSPS) is 14.3. The second kappa shape index (κ2) is 8.89. The standard InChI is InChI=1S/C19H23N3O3S/c1-25-16-8-4-5-13(9-16)12-26-19-21-15(11-18(24)22-19)10-17(23)20-14-6-2-3-7-14/h4-5,8-9,11,14H,2-3,6-7,10,12H2,1H3,(H,20,23)(H,21,22,24). The van der Waals surface area contributed by atoms with Gasteiger partial charge in [-0.3, -0.25) is 9.59 Å². The molecule has 3 rings (SSSR count). The number of aromatic amines is 1. The summed E-state index contributed by atoms with van der Waals surface area (Å²) < 4.78 is 5.22. The van der Waals surface area contributed by atoms with Crippen molar-refractivity contribution in [2.45, 2.75) is 49.1 Å². The third-order valence-electron chi connectivity index (χ3n) is 4.34. The van der Waals surface area contributed by atoms with Crippen LogP contribution >= 0.6 is 11.8 Å². The molecule has 138 valence electrons. The molecule has 0 bridgehead atoms. The average Bonchev–Trinajstić information content (AvgIpc) is 3.12. The number of H-pyrrole nitrogens is 1. The van der Waals surface area contributed by atoms with Gasteiger partial charge in [-0.25, -0.2) is 4.98 Å². The van der Waals surface area contributed by atoms with E-state index in [0.29, 0.717) is 16.6 Å². The van der Waals surface area contributed by atoms with E-state index < -0.39 is 0 Å². The molecule has 7 heteroatoms. The van der Waals surface area contributed by atoms with Gasteiger partial charge in [-0.2, -0.15) is 0 Å². The first-order chi connectivity index (χ1) is 12.6. The Bertz CT molecular complexity index is 816. The van der Waals surface area contributed by atoms with Crippen LogP contribution in [0.1, 0.15) is 36.9 Å². The second-order valence-corrected chi connectivity index (χ2v) is 7.37. The Labute approximate surface area is 156 Å². The average molecular weight is 373 g/mol. The molecule has 1 aromatic carbocycles. The van der Waals surface area contributed by atoms with Crippen LogP contribution in [-0.4, -0.2) is 29.0 Å². The van der Waals surface area contributed by atoms with E-state index >= 15 is 0 Å². The van der Waals surface area contributed by atoms with Crippen LogP contribution in [0.25, 0.3) is 0 Å². The van der Waals surface area contributed by atoms with Crippen molar-refractivity contribution < 1.29 is 9.53 Å². The number of amides is 1. The molecule has 0 spiro atoms. The fourth-order valence-electron chi connectivity index (χ4n) is 3.07. The lowest BCUT2D eigenvalue weighted by atomic mass is 10.2. The van der Waals surface area contributed by atoms with Crippen molar-refractivity contribution in [3.05, 3.63) is 51.9 Å². The number of thioether (sulfide) groups is 1. The maximum atomic E-state index is 12.2. The van der Waals surface area contributed by atoms with Crippen molar-refractivity contribution in [1.82, 2.24) is 15.3 Å². The van der Waals surface area contributed by atoms with E-state index in [1.54, 1.807) is 7.11 Å². The number of carbonyl (C=O) groups is 1. The summed E-state index contributed by atoms with van der Waals surface area (Å²) in [5.74, 6) is 1.37. The molecule has 1 aliphatic carbocycles. The summed E-state index contributed by atoms with van der Waals surface area (Å²) in [6, 6.07) is 9.42. The van der Waals surface area contributed by atoms with Crippen molar-refractivity contribution in [2.24, 2.45) is 0 Å². The van der Waals surface area contributed by atoms with E-state index in [4.69, 9.17) is 4.74 Å². The molecule has 0 unspecified atom stereocenters. The molecule has 26 heavy (non-hydrogen) atoms. The maximum absolute atomic E-state index is 12.2. The number of nitrogens with zero attached hydrogens (tertiary/aromatic N) is 1. The summed E-state index contributed by atoms with van der Waals surface area (Å²) in [6.07, 6.45) is 4.54. The van der Waals surface area contributed by atoms with Crippen molar-refractivity contribution in [3.63, 3.8) is 0 Å². The number of hydrogen-bond donors (Lipinski definition) is 2. The predicted octanol–water partition coefficient (Wildman–Crippen LogP) is 2.67. The van der Waals surface area contributed by atoms with Crippen LogP contribution in [0.2, 0.25) is 0 Å². The number of hydrogen-bond acceptors (Lipinski definition) is 5. The highest BCUT2D eigenvalue weighted by Gasteiger charge is 2.17. The molecule has 0 saturated heterocycles. The van der Waals surface area contributed by atoms with Crippen molar-refractivity contribution in [3.8, 4) is 5.75 Å². The van der Waals surface area contributed by atoms with Gasteiger partial charge in [0.25, 0.3) is 5.56 Å². The van der Waals surface area contributed by atoms with Crippen LogP contribution < -0.4 is 15.6 Å². The van der Waals surface area contributed by atoms with E-state index in [1.165, 1.54) is 30.7 Å². The SMILES string of the molecule is COc1cccc(CSc2nc(CC(=O)NC3CCCC3)cc(=O)[nH]2)c1. The molecule has 1 amide bonds. The molecule has 0 radical (unpaired) electrons. The Morgan fingerprint density at radius 1 is 1.35 bits per heavy atom. The molecule has 6 nitrogen and oxygen atoms in total. The topological polar surface area (TPSA) is 84.1 Å². The highest BCUT2D eigenvalue weighted by atomic mass is 32.2. The molecular formula is C19H23N3O3S. The molecule has 0 atom stereocenters. The van der Waals surface area contributed by atoms with Gasteiger partial charge in [-0.15, -0.1) is 0 Å². The molecule has 1 aliphatic rings. The first kappa shape index (κ1) is 18.5. The van der Waals surface area contributed by atoms with Crippen LogP contribution in [0.4, 0.5) is 0 Å². The minimum absolute atomic E-state index is 0.0706. The lowest BCUT2D eigenvalue weighted by Gasteiger charge is -2.11. The van der Waals surface area contributed by atoms with Crippen LogP contribution in [0.5, 0.6) is 5.75 Å². The van der Waals surface area contributed by atoms with Crippen LogP contribution in [-0.2, 0) is 17.0 Å². The summed E-state index contributed by atoms with van der Waals surface area (Å²) >= 11 is 1.43. The molecule has 0 aliphatic heterocycles. The van der Waals surface area contributed by atoms with Gasteiger partial charge >= 0.3 is 0 Å². The number of aromatic nitrogens is 2. The van der Waals surface area contributed by atoms with Gasteiger partial charge in [0.2, 0.25) is 5.91 Å². The minimum Gasteiger partial charge on any atom is -0.497 e. The second-order valence-electron chi connectivity index (χ2n) is 6.41. The summed E-state index contributed by atoms with van der Waals surface area (Å²) in [5.41, 5.74) is 1.33. The Morgan fingerprint density at radius 3 is 2.92 bits per heavy atom. The van der Waals surface area contributed by atoms with E-state index in [0.717, 1.165) is 24.2 Å². The fourth-order valence-corrected chi connectivity index (χ4v) is 3.91. The third-order valence-corrected chi connectivity index (χ3v) is 5.29. The van der Waals surface area contributed by atoms with Crippen LogP contribution in [0.3, 0.4) is 0 Å². The van der Waals surface area contributed by atoms with Gasteiger partial charge in [0.15, 0.2) is 5.16 Å². The van der Waals surface area contributed by atoms with Gasteiger partial charge in [-0.1, -0.05) is 36.7 Å². The maximum Gasteiger partial charge on any atom is 0.251 e. The van der Waals surface area contributed by atoms with Gasteiger partial charge in [0, 0.05) is 17.9 Å². The molecule has 1 aromatic heterocycles.